The second kappa shape index (κ2) is 7.97. The highest BCUT2D eigenvalue weighted by Gasteiger charge is 2.44. The van der Waals surface area contributed by atoms with Crippen molar-refractivity contribution in [3.05, 3.63) is 0 Å². The van der Waals surface area contributed by atoms with Crippen LogP contribution in [0.5, 0.6) is 0 Å². The van der Waals surface area contributed by atoms with Crippen LogP contribution in [-0.4, -0.2) is 25.3 Å². The van der Waals surface area contributed by atoms with Crippen LogP contribution in [0.3, 0.4) is 0 Å². The van der Waals surface area contributed by atoms with Crippen LogP contribution in [0.2, 0.25) is 0 Å². The number of ether oxygens (including phenoxy) is 1. The first-order valence-corrected chi connectivity index (χ1v) is 9.42. The van der Waals surface area contributed by atoms with Crippen LogP contribution in [0.4, 0.5) is 0 Å². The first kappa shape index (κ1) is 17.3. The van der Waals surface area contributed by atoms with E-state index in [0.29, 0.717) is 6.04 Å². The molecule has 0 amide bonds. The summed E-state index contributed by atoms with van der Waals surface area (Å²) in [5.41, 5.74) is 0.0987. The van der Waals surface area contributed by atoms with Crippen molar-refractivity contribution in [2.24, 2.45) is 17.8 Å². The summed E-state index contributed by atoms with van der Waals surface area (Å²) in [7, 11) is 2.17. The fourth-order valence-corrected chi connectivity index (χ4v) is 5.37. The third kappa shape index (κ3) is 4.22. The molecule has 0 saturated heterocycles. The average Bonchev–Trinajstić information content (AvgIpc) is 2.65. The minimum atomic E-state index is 0.0987. The van der Waals surface area contributed by atoms with E-state index in [-0.39, 0.29) is 5.60 Å². The molecule has 0 radical (unpaired) electrons. The summed E-state index contributed by atoms with van der Waals surface area (Å²) in [4.78, 5) is 0. The molecule has 1 N–H and O–H groups in total. The lowest BCUT2D eigenvalue weighted by Crippen LogP contribution is -2.56. The Labute approximate surface area is 132 Å². The van der Waals surface area contributed by atoms with E-state index in [9.17, 15) is 0 Å². The van der Waals surface area contributed by atoms with Gasteiger partial charge in [-0.1, -0.05) is 39.5 Å². The van der Waals surface area contributed by atoms with Gasteiger partial charge in [0, 0.05) is 12.6 Å². The Kier molecular flexibility index (Phi) is 6.55. The first-order chi connectivity index (χ1) is 10.1. The standard InChI is InChI=1S/C19H37NO/c1-5-21-19(10-8-6-7-9-11-19)18(20-4)17-13-15(2)12-16(3)14-17/h15-18,20H,5-14H2,1-4H3. The molecule has 0 aromatic carbocycles. The monoisotopic (exact) mass is 295 g/mol. The Balaban J connectivity index is 2.17. The number of hydrogen-bond donors (Lipinski definition) is 1. The summed E-state index contributed by atoms with van der Waals surface area (Å²) in [6, 6.07) is 0.542. The van der Waals surface area contributed by atoms with Gasteiger partial charge in [-0.25, -0.2) is 0 Å². The molecule has 0 aromatic rings. The van der Waals surface area contributed by atoms with Crippen molar-refractivity contribution in [2.75, 3.05) is 13.7 Å². The minimum Gasteiger partial charge on any atom is -0.374 e. The van der Waals surface area contributed by atoms with Crippen LogP contribution < -0.4 is 5.32 Å². The molecule has 0 spiro atoms. The molecular formula is C19H37NO. The Morgan fingerprint density at radius 3 is 2.05 bits per heavy atom. The second-order valence-electron chi connectivity index (χ2n) is 7.86. The predicted molar refractivity (Wildman–Crippen MR) is 90.6 cm³/mol. The zero-order chi connectivity index (χ0) is 15.3. The molecule has 0 aromatic heterocycles. The van der Waals surface area contributed by atoms with Crippen molar-refractivity contribution in [1.29, 1.82) is 0 Å². The molecule has 2 fully saturated rings. The number of nitrogens with one attached hydrogen (secondary N) is 1. The van der Waals surface area contributed by atoms with Crippen molar-refractivity contribution < 1.29 is 4.74 Å². The molecule has 2 nitrogen and oxygen atoms in total. The number of likely N-dealkylation sites (N-methyl/N-ethyl adjacent to an activating group) is 1. The molecule has 2 saturated carbocycles. The highest BCUT2D eigenvalue weighted by Crippen LogP contribution is 2.42. The lowest BCUT2D eigenvalue weighted by molar-refractivity contribution is -0.0952. The lowest BCUT2D eigenvalue weighted by Gasteiger charge is -2.47. The Bertz CT molecular complexity index is 286. The van der Waals surface area contributed by atoms with E-state index in [1.165, 1.54) is 57.8 Å². The molecular weight excluding hydrogens is 258 g/mol. The zero-order valence-electron chi connectivity index (χ0n) is 14.8. The normalized spacial score (nSPS) is 35.1. The smallest absolute Gasteiger partial charge is 0.0837 e. The fraction of sp³-hybridized carbons (Fsp3) is 1.00. The van der Waals surface area contributed by atoms with Gasteiger partial charge in [0.25, 0.3) is 0 Å². The van der Waals surface area contributed by atoms with Crippen LogP contribution in [0, 0.1) is 17.8 Å². The van der Waals surface area contributed by atoms with Crippen molar-refractivity contribution in [3.63, 3.8) is 0 Å². The molecule has 2 heteroatoms. The van der Waals surface area contributed by atoms with Gasteiger partial charge in [-0.15, -0.1) is 0 Å². The Morgan fingerprint density at radius 1 is 1.00 bits per heavy atom. The van der Waals surface area contributed by atoms with Gasteiger partial charge in [-0.2, -0.15) is 0 Å². The second-order valence-corrected chi connectivity index (χ2v) is 7.86. The largest absolute Gasteiger partial charge is 0.374 e. The van der Waals surface area contributed by atoms with Crippen LogP contribution in [0.1, 0.15) is 78.6 Å². The maximum absolute atomic E-state index is 6.46. The molecule has 2 aliphatic rings. The van der Waals surface area contributed by atoms with Crippen LogP contribution in [-0.2, 0) is 4.74 Å². The van der Waals surface area contributed by atoms with Gasteiger partial charge < -0.3 is 10.1 Å². The van der Waals surface area contributed by atoms with Crippen LogP contribution in [0.25, 0.3) is 0 Å². The maximum Gasteiger partial charge on any atom is 0.0837 e. The van der Waals surface area contributed by atoms with Gasteiger partial charge in [0.2, 0.25) is 0 Å². The third-order valence-corrected chi connectivity index (χ3v) is 5.95. The summed E-state index contributed by atoms with van der Waals surface area (Å²) in [6.45, 7) is 7.91. The molecule has 3 atom stereocenters. The highest BCUT2D eigenvalue weighted by atomic mass is 16.5. The molecule has 124 valence electrons. The molecule has 2 aliphatic carbocycles. The van der Waals surface area contributed by atoms with Crippen LogP contribution in [0.15, 0.2) is 0 Å². The van der Waals surface area contributed by atoms with E-state index in [2.05, 4.69) is 33.1 Å². The molecule has 0 heterocycles. The van der Waals surface area contributed by atoms with Gasteiger partial charge in [-0.05, 0) is 63.8 Å². The van der Waals surface area contributed by atoms with Gasteiger partial charge in [0.1, 0.15) is 0 Å². The third-order valence-electron chi connectivity index (χ3n) is 5.95. The topological polar surface area (TPSA) is 21.3 Å². The predicted octanol–water partition coefficient (Wildman–Crippen LogP) is 4.78. The molecule has 3 unspecified atom stereocenters. The van der Waals surface area contributed by atoms with Gasteiger partial charge in [0.05, 0.1) is 5.60 Å². The van der Waals surface area contributed by atoms with E-state index < -0.39 is 0 Å². The van der Waals surface area contributed by atoms with Crippen LogP contribution >= 0.6 is 0 Å². The maximum atomic E-state index is 6.46. The summed E-state index contributed by atoms with van der Waals surface area (Å²) < 4.78 is 6.46. The summed E-state index contributed by atoms with van der Waals surface area (Å²) in [5, 5.41) is 3.71. The summed E-state index contributed by atoms with van der Waals surface area (Å²) in [5.74, 6) is 2.54. The zero-order valence-corrected chi connectivity index (χ0v) is 14.8. The first-order valence-electron chi connectivity index (χ1n) is 9.42. The number of rotatable bonds is 5. The van der Waals surface area contributed by atoms with E-state index >= 15 is 0 Å². The van der Waals surface area contributed by atoms with Crippen molar-refractivity contribution >= 4 is 0 Å². The quantitative estimate of drug-likeness (QED) is 0.737. The van der Waals surface area contributed by atoms with Crippen molar-refractivity contribution in [3.8, 4) is 0 Å². The molecule has 21 heavy (non-hydrogen) atoms. The van der Waals surface area contributed by atoms with E-state index in [1.54, 1.807) is 0 Å². The molecule has 0 aliphatic heterocycles. The molecule has 2 rings (SSSR count). The Hall–Kier alpha value is -0.0800. The van der Waals surface area contributed by atoms with Gasteiger partial charge in [0.15, 0.2) is 0 Å². The van der Waals surface area contributed by atoms with Gasteiger partial charge >= 0.3 is 0 Å². The summed E-state index contributed by atoms with van der Waals surface area (Å²) in [6.07, 6.45) is 12.2. The average molecular weight is 296 g/mol. The van der Waals surface area contributed by atoms with Crippen molar-refractivity contribution in [1.82, 2.24) is 5.32 Å². The van der Waals surface area contributed by atoms with E-state index in [0.717, 1.165) is 24.4 Å². The fourth-order valence-electron chi connectivity index (χ4n) is 5.37. The van der Waals surface area contributed by atoms with E-state index in [4.69, 9.17) is 4.74 Å². The minimum absolute atomic E-state index is 0.0987. The van der Waals surface area contributed by atoms with Crippen molar-refractivity contribution in [2.45, 2.75) is 90.2 Å². The van der Waals surface area contributed by atoms with Gasteiger partial charge in [-0.3, -0.25) is 0 Å². The van der Waals surface area contributed by atoms with E-state index in [1.807, 2.05) is 0 Å². The SMILES string of the molecule is CCOC1(C(NC)C2CC(C)CC(C)C2)CCCCCC1. The molecule has 0 bridgehead atoms. The summed E-state index contributed by atoms with van der Waals surface area (Å²) >= 11 is 0. The number of hydrogen-bond acceptors (Lipinski definition) is 2. The lowest BCUT2D eigenvalue weighted by atomic mass is 9.68. The highest BCUT2D eigenvalue weighted by molar-refractivity contribution is 4.99. The Morgan fingerprint density at radius 2 is 1.57 bits per heavy atom.